The van der Waals surface area contributed by atoms with Gasteiger partial charge in [-0.05, 0) is 29.8 Å². The lowest BCUT2D eigenvalue weighted by atomic mass is 10.1. The number of benzene rings is 2. The number of ether oxygens (including phenoxy) is 3. The zero-order valence-electron chi connectivity index (χ0n) is 17.1. The van der Waals surface area contributed by atoms with Crippen LogP contribution in [0.25, 0.3) is 0 Å². The zero-order chi connectivity index (χ0) is 21.4. The Morgan fingerprint density at radius 3 is 1.97 bits per heavy atom. The lowest BCUT2D eigenvalue weighted by Crippen LogP contribution is -2.36. The van der Waals surface area contributed by atoms with Gasteiger partial charge in [0.2, 0.25) is 5.75 Å². The molecular formula is C20H25F3IN3O3. The fourth-order valence-electron chi connectivity index (χ4n) is 2.70. The largest absolute Gasteiger partial charge is 0.493 e. The van der Waals surface area contributed by atoms with Crippen LogP contribution in [0.15, 0.2) is 41.4 Å². The third-order valence-electron chi connectivity index (χ3n) is 4.20. The summed E-state index contributed by atoms with van der Waals surface area (Å²) in [7, 11) is 6.22. The van der Waals surface area contributed by atoms with Gasteiger partial charge >= 0.3 is 6.18 Å². The summed E-state index contributed by atoms with van der Waals surface area (Å²) >= 11 is 0. The van der Waals surface area contributed by atoms with Gasteiger partial charge in [-0.2, -0.15) is 13.2 Å². The number of hydrogen-bond donors (Lipinski definition) is 2. The predicted octanol–water partition coefficient (Wildman–Crippen LogP) is 4.21. The van der Waals surface area contributed by atoms with E-state index in [4.69, 9.17) is 14.2 Å². The fraction of sp³-hybridized carbons (Fsp3) is 0.350. The molecule has 30 heavy (non-hydrogen) atoms. The molecule has 0 saturated heterocycles. The summed E-state index contributed by atoms with van der Waals surface area (Å²) in [5.74, 6) is 2.07. The summed E-state index contributed by atoms with van der Waals surface area (Å²) in [6.07, 6.45) is -4.35. The van der Waals surface area contributed by atoms with Gasteiger partial charge in [-0.3, -0.25) is 4.99 Å². The van der Waals surface area contributed by atoms with Crippen LogP contribution in [0.3, 0.4) is 0 Å². The van der Waals surface area contributed by atoms with Crippen LogP contribution in [0, 0.1) is 0 Å². The quantitative estimate of drug-likeness (QED) is 0.314. The summed E-state index contributed by atoms with van der Waals surface area (Å²) in [5.41, 5.74) is 0.844. The van der Waals surface area contributed by atoms with E-state index in [1.165, 1.54) is 19.2 Å². The highest BCUT2D eigenvalue weighted by atomic mass is 127. The number of alkyl halides is 3. The molecule has 0 aliphatic rings. The molecule has 2 aromatic rings. The summed E-state index contributed by atoms with van der Waals surface area (Å²) in [6, 6.07) is 8.59. The smallest absolute Gasteiger partial charge is 0.416 e. The molecule has 0 amide bonds. The summed E-state index contributed by atoms with van der Waals surface area (Å²) in [5, 5.41) is 6.20. The number of aliphatic imine (C=N–C) groups is 1. The van der Waals surface area contributed by atoms with Gasteiger partial charge in [-0.1, -0.05) is 12.1 Å². The lowest BCUT2D eigenvalue weighted by Gasteiger charge is -2.17. The highest BCUT2D eigenvalue weighted by Gasteiger charge is 2.29. The van der Waals surface area contributed by atoms with E-state index in [2.05, 4.69) is 15.6 Å². The van der Waals surface area contributed by atoms with Crippen LogP contribution in [0.4, 0.5) is 13.2 Å². The van der Waals surface area contributed by atoms with Crippen molar-refractivity contribution in [2.24, 2.45) is 4.99 Å². The number of guanidine groups is 1. The van der Waals surface area contributed by atoms with Crippen LogP contribution < -0.4 is 24.8 Å². The highest BCUT2D eigenvalue weighted by molar-refractivity contribution is 14.0. The minimum atomic E-state index is -4.35. The monoisotopic (exact) mass is 539 g/mol. The molecule has 2 aromatic carbocycles. The molecule has 0 bridgehead atoms. The van der Waals surface area contributed by atoms with Gasteiger partial charge in [0.05, 0.1) is 26.9 Å². The van der Waals surface area contributed by atoms with E-state index in [-0.39, 0.29) is 24.0 Å². The molecule has 0 aromatic heterocycles. The first kappa shape index (κ1) is 25.7. The first-order valence-corrected chi connectivity index (χ1v) is 8.72. The van der Waals surface area contributed by atoms with Crippen molar-refractivity contribution < 1.29 is 27.4 Å². The van der Waals surface area contributed by atoms with Crippen molar-refractivity contribution in [3.05, 3.63) is 53.1 Å². The van der Waals surface area contributed by atoms with E-state index >= 15 is 0 Å². The molecule has 10 heteroatoms. The van der Waals surface area contributed by atoms with Crippen molar-refractivity contribution >= 4 is 29.9 Å². The van der Waals surface area contributed by atoms with Crippen LogP contribution in [0.1, 0.15) is 16.7 Å². The molecule has 0 spiro atoms. The van der Waals surface area contributed by atoms with Crippen LogP contribution in [0.2, 0.25) is 0 Å². The average Bonchev–Trinajstić information content (AvgIpc) is 2.72. The molecule has 0 radical (unpaired) electrons. The first-order valence-electron chi connectivity index (χ1n) is 8.72. The predicted molar refractivity (Wildman–Crippen MR) is 120 cm³/mol. The standard InChI is InChI=1S/C20H24F3N3O3.HI/c1-24-19(25-11-13-5-8-15(9-6-13)20(21,22)23)26-12-14-7-10-16(27-2)18(29-4)17(14)28-3;/h5-10H,11-12H2,1-4H3,(H2,24,25,26);1H. The third kappa shape index (κ3) is 6.57. The lowest BCUT2D eigenvalue weighted by molar-refractivity contribution is -0.137. The molecule has 2 rings (SSSR count). The Bertz CT molecular complexity index is 844. The van der Waals surface area contributed by atoms with Gasteiger partial charge in [0, 0.05) is 25.7 Å². The second-order valence-electron chi connectivity index (χ2n) is 5.97. The average molecular weight is 539 g/mol. The maximum absolute atomic E-state index is 12.6. The highest BCUT2D eigenvalue weighted by Crippen LogP contribution is 2.39. The second-order valence-corrected chi connectivity index (χ2v) is 5.97. The number of rotatable bonds is 7. The summed E-state index contributed by atoms with van der Waals surface area (Å²) < 4.78 is 54.0. The van der Waals surface area contributed by atoms with Crippen molar-refractivity contribution in [3.63, 3.8) is 0 Å². The number of halogens is 4. The Morgan fingerprint density at radius 1 is 0.867 bits per heavy atom. The van der Waals surface area contributed by atoms with Crippen LogP contribution in [-0.4, -0.2) is 34.3 Å². The molecule has 0 unspecified atom stereocenters. The van der Waals surface area contributed by atoms with Crippen molar-refractivity contribution in [1.29, 1.82) is 0 Å². The van der Waals surface area contributed by atoms with Gasteiger partial charge < -0.3 is 24.8 Å². The molecule has 0 aliphatic heterocycles. The first-order chi connectivity index (χ1) is 13.8. The number of methoxy groups -OCH3 is 3. The Hall–Kier alpha value is -2.37. The number of hydrogen-bond acceptors (Lipinski definition) is 4. The van der Waals surface area contributed by atoms with E-state index in [1.54, 1.807) is 27.3 Å². The molecule has 0 aliphatic carbocycles. The minimum Gasteiger partial charge on any atom is -0.493 e. The number of nitrogens with zero attached hydrogens (tertiary/aromatic N) is 1. The van der Waals surface area contributed by atoms with E-state index in [9.17, 15) is 13.2 Å². The normalized spacial score (nSPS) is 11.4. The van der Waals surface area contributed by atoms with Crippen LogP contribution in [0.5, 0.6) is 17.2 Å². The Morgan fingerprint density at radius 2 is 1.47 bits per heavy atom. The SMILES string of the molecule is CN=C(NCc1ccc(C(F)(F)F)cc1)NCc1ccc(OC)c(OC)c1OC.I. The fourth-order valence-corrected chi connectivity index (χ4v) is 2.70. The maximum atomic E-state index is 12.6. The third-order valence-corrected chi connectivity index (χ3v) is 4.20. The summed E-state index contributed by atoms with van der Waals surface area (Å²) in [4.78, 5) is 4.12. The van der Waals surface area contributed by atoms with E-state index in [0.29, 0.717) is 41.9 Å². The summed E-state index contributed by atoms with van der Waals surface area (Å²) in [6.45, 7) is 0.705. The van der Waals surface area contributed by atoms with Crippen molar-refractivity contribution in [1.82, 2.24) is 10.6 Å². The van der Waals surface area contributed by atoms with Crippen molar-refractivity contribution in [2.45, 2.75) is 19.3 Å². The van der Waals surface area contributed by atoms with E-state index < -0.39 is 11.7 Å². The van der Waals surface area contributed by atoms with Crippen molar-refractivity contribution in [3.8, 4) is 17.2 Å². The van der Waals surface area contributed by atoms with Crippen molar-refractivity contribution in [2.75, 3.05) is 28.4 Å². The zero-order valence-corrected chi connectivity index (χ0v) is 19.4. The Labute approximate surface area is 190 Å². The van der Waals surface area contributed by atoms with Gasteiger partial charge in [0.1, 0.15) is 0 Å². The minimum absolute atomic E-state index is 0. The van der Waals surface area contributed by atoms with Gasteiger partial charge in [0.15, 0.2) is 17.5 Å². The molecule has 0 atom stereocenters. The second kappa shape index (κ2) is 11.7. The van der Waals surface area contributed by atoms with Crippen LogP contribution in [-0.2, 0) is 19.3 Å². The topological polar surface area (TPSA) is 64.1 Å². The Balaban J connectivity index is 0.00000450. The molecule has 0 fully saturated rings. The van der Waals surface area contributed by atoms with Crippen LogP contribution >= 0.6 is 24.0 Å². The molecule has 6 nitrogen and oxygen atoms in total. The van der Waals surface area contributed by atoms with E-state index in [0.717, 1.165) is 17.7 Å². The molecule has 2 N–H and O–H groups in total. The molecular weight excluding hydrogens is 514 g/mol. The van der Waals surface area contributed by atoms with Gasteiger partial charge in [-0.25, -0.2) is 0 Å². The van der Waals surface area contributed by atoms with Gasteiger partial charge in [0.25, 0.3) is 0 Å². The molecule has 166 valence electrons. The van der Waals surface area contributed by atoms with Gasteiger partial charge in [-0.15, -0.1) is 24.0 Å². The molecule has 0 heterocycles. The Kier molecular flexibility index (Phi) is 10.0. The number of nitrogens with one attached hydrogen (secondary N) is 2. The maximum Gasteiger partial charge on any atom is 0.416 e. The molecule has 0 saturated carbocycles. The van der Waals surface area contributed by atoms with E-state index in [1.807, 2.05) is 6.07 Å².